The van der Waals surface area contributed by atoms with Gasteiger partial charge in [-0.05, 0) is 6.08 Å². The lowest BCUT2D eigenvalue weighted by atomic mass is 9.88. The summed E-state index contributed by atoms with van der Waals surface area (Å²) in [5.74, 6) is -1.07. The fourth-order valence-electron chi connectivity index (χ4n) is 1.73. The van der Waals surface area contributed by atoms with E-state index in [1.807, 2.05) is 0 Å². The van der Waals surface area contributed by atoms with Crippen molar-refractivity contribution in [1.82, 2.24) is 0 Å². The number of allylic oxidation sites excluding steroid dienone is 1. The first-order valence-corrected chi connectivity index (χ1v) is 5.09. The zero-order valence-corrected chi connectivity index (χ0v) is 9.23. The smallest absolute Gasteiger partial charge is 0.310 e. The molecule has 1 aliphatic rings. The molecule has 17 heavy (non-hydrogen) atoms. The minimum atomic E-state index is -0.531. The number of ketones is 2. The molecule has 0 bridgehead atoms. The van der Waals surface area contributed by atoms with Gasteiger partial charge in [0.25, 0.3) is 0 Å². The van der Waals surface area contributed by atoms with Crippen molar-refractivity contribution >= 4 is 17.5 Å². The van der Waals surface area contributed by atoms with Crippen LogP contribution in [-0.4, -0.2) is 24.6 Å². The van der Waals surface area contributed by atoms with Crippen LogP contribution in [0, 0.1) is 0 Å². The Balaban J connectivity index is 2.38. The molecule has 0 fully saturated rings. The Morgan fingerprint density at radius 2 is 1.82 bits per heavy atom. The van der Waals surface area contributed by atoms with Crippen LogP contribution in [0.5, 0.6) is 0 Å². The lowest BCUT2D eigenvalue weighted by Crippen LogP contribution is -2.19. The van der Waals surface area contributed by atoms with Gasteiger partial charge in [-0.2, -0.15) is 0 Å². The molecular weight excluding hydrogens is 220 g/mol. The topological polar surface area (TPSA) is 60.4 Å². The van der Waals surface area contributed by atoms with Crippen LogP contribution in [0.25, 0.3) is 0 Å². The van der Waals surface area contributed by atoms with Crippen molar-refractivity contribution in [2.45, 2.75) is 6.42 Å². The number of hydrogen-bond donors (Lipinski definition) is 0. The molecule has 0 atom stereocenters. The van der Waals surface area contributed by atoms with E-state index in [1.165, 1.54) is 13.2 Å². The highest BCUT2D eigenvalue weighted by atomic mass is 16.5. The lowest BCUT2D eigenvalue weighted by molar-refractivity contribution is -0.139. The molecule has 0 N–H and O–H groups in total. The molecule has 0 aromatic heterocycles. The van der Waals surface area contributed by atoms with E-state index in [9.17, 15) is 14.4 Å². The number of rotatable bonds is 2. The average molecular weight is 230 g/mol. The molecule has 0 saturated carbocycles. The minimum absolute atomic E-state index is 0.171. The van der Waals surface area contributed by atoms with Gasteiger partial charge >= 0.3 is 5.97 Å². The monoisotopic (exact) mass is 230 g/mol. The first kappa shape index (κ1) is 11.3. The van der Waals surface area contributed by atoms with E-state index in [-0.39, 0.29) is 23.6 Å². The maximum Gasteiger partial charge on any atom is 0.310 e. The van der Waals surface area contributed by atoms with Crippen molar-refractivity contribution in [3.05, 3.63) is 47.0 Å². The summed E-state index contributed by atoms with van der Waals surface area (Å²) in [6.07, 6.45) is 1.04. The standard InChI is InChI=1S/C13H10O4/c1-17-12(15)7-8-6-11(14)9-4-2-3-5-10(9)13(8)16/h2-6H,7H2,1H3. The molecule has 0 amide bonds. The molecule has 1 aromatic carbocycles. The normalized spacial score (nSPS) is 14.1. The van der Waals surface area contributed by atoms with E-state index in [0.717, 1.165) is 0 Å². The molecule has 0 spiro atoms. The molecule has 1 aliphatic carbocycles. The first-order valence-electron chi connectivity index (χ1n) is 5.09. The van der Waals surface area contributed by atoms with Crippen LogP contribution in [0.2, 0.25) is 0 Å². The summed E-state index contributed by atoms with van der Waals surface area (Å²) in [4.78, 5) is 34.8. The highest BCUT2D eigenvalue weighted by molar-refractivity contribution is 6.25. The first-order chi connectivity index (χ1) is 8.13. The van der Waals surface area contributed by atoms with Crippen LogP contribution < -0.4 is 0 Å². The summed E-state index contributed by atoms with van der Waals surface area (Å²) >= 11 is 0. The van der Waals surface area contributed by atoms with Crippen molar-refractivity contribution in [1.29, 1.82) is 0 Å². The van der Waals surface area contributed by atoms with E-state index in [1.54, 1.807) is 24.3 Å². The SMILES string of the molecule is COC(=O)CC1=CC(=O)c2ccccc2C1=O. The molecular formula is C13H10O4. The third-order valence-electron chi connectivity index (χ3n) is 2.60. The molecule has 0 radical (unpaired) electrons. The predicted molar refractivity (Wildman–Crippen MR) is 59.8 cm³/mol. The van der Waals surface area contributed by atoms with Gasteiger partial charge in [0.2, 0.25) is 0 Å². The van der Waals surface area contributed by atoms with Gasteiger partial charge in [-0.15, -0.1) is 0 Å². The Morgan fingerprint density at radius 1 is 1.18 bits per heavy atom. The Hall–Kier alpha value is -2.23. The van der Waals surface area contributed by atoms with Gasteiger partial charge in [0.05, 0.1) is 13.5 Å². The molecule has 0 heterocycles. The largest absolute Gasteiger partial charge is 0.469 e. The molecule has 2 rings (SSSR count). The summed E-state index contributed by atoms with van der Waals surface area (Å²) in [5.41, 5.74) is 0.908. The Labute approximate surface area is 97.9 Å². The second-order valence-corrected chi connectivity index (χ2v) is 3.66. The van der Waals surface area contributed by atoms with Crippen molar-refractivity contribution < 1.29 is 19.1 Å². The molecule has 1 aromatic rings. The summed E-state index contributed by atoms with van der Waals surface area (Å²) in [5, 5.41) is 0. The third kappa shape index (κ3) is 2.01. The quantitative estimate of drug-likeness (QED) is 0.723. The Bertz CT molecular complexity index is 540. The highest BCUT2D eigenvalue weighted by Crippen LogP contribution is 2.22. The van der Waals surface area contributed by atoms with Gasteiger partial charge in [-0.1, -0.05) is 24.3 Å². The summed E-state index contributed by atoms with van der Waals surface area (Å²) in [6.45, 7) is 0. The van der Waals surface area contributed by atoms with Crippen LogP contribution in [-0.2, 0) is 9.53 Å². The Morgan fingerprint density at radius 3 is 2.47 bits per heavy atom. The number of methoxy groups -OCH3 is 1. The van der Waals surface area contributed by atoms with Gasteiger partial charge in [0.1, 0.15) is 0 Å². The van der Waals surface area contributed by atoms with Crippen molar-refractivity contribution in [2.75, 3.05) is 7.11 Å². The number of esters is 1. The zero-order chi connectivity index (χ0) is 12.4. The predicted octanol–water partition coefficient (Wildman–Crippen LogP) is 1.56. The van der Waals surface area contributed by atoms with Crippen LogP contribution in [0.3, 0.4) is 0 Å². The van der Waals surface area contributed by atoms with Crippen LogP contribution in [0.4, 0.5) is 0 Å². The van der Waals surface area contributed by atoms with Gasteiger partial charge in [-0.25, -0.2) is 0 Å². The van der Waals surface area contributed by atoms with Crippen LogP contribution in [0.1, 0.15) is 27.1 Å². The van der Waals surface area contributed by atoms with Gasteiger partial charge in [-0.3, -0.25) is 14.4 Å². The zero-order valence-electron chi connectivity index (χ0n) is 9.23. The third-order valence-corrected chi connectivity index (χ3v) is 2.60. The maximum absolute atomic E-state index is 12.0. The summed E-state index contributed by atoms with van der Waals surface area (Å²) in [7, 11) is 1.24. The van der Waals surface area contributed by atoms with E-state index >= 15 is 0 Å². The number of ether oxygens (including phenoxy) is 1. The molecule has 4 heteroatoms. The fourth-order valence-corrected chi connectivity index (χ4v) is 1.73. The second-order valence-electron chi connectivity index (χ2n) is 3.66. The maximum atomic E-state index is 12.0. The van der Waals surface area contributed by atoms with E-state index in [4.69, 9.17) is 0 Å². The summed E-state index contributed by atoms with van der Waals surface area (Å²) in [6, 6.07) is 6.56. The Kier molecular flexibility index (Phi) is 2.87. The number of carbonyl (C=O) groups is 3. The molecule has 0 unspecified atom stereocenters. The minimum Gasteiger partial charge on any atom is -0.469 e. The number of Topliss-reactive ketones (excluding diaryl/α,β-unsaturated/α-hetero) is 1. The number of hydrogen-bond acceptors (Lipinski definition) is 4. The number of carbonyl (C=O) groups excluding carboxylic acids is 3. The van der Waals surface area contributed by atoms with Gasteiger partial charge < -0.3 is 4.74 Å². The van der Waals surface area contributed by atoms with Crippen molar-refractivity contribution in [3.63, 3.8) is 0 Å². The fraction of sp³-hybridized carbons (Fsp3) is 0.154. The number of fused-ring (bicyclic) bond motifs is 1. The average Bonchev–Trinajstić information content (AvgIpc) is 2.35. The summed E-state index contributed by atoms with van der Waals surface area (Å²) < 4.78 is 4.48. The van der Waals surface area contributed by atoms with Gasteiger partial charge in [0, 0.05) is 16.7 Å². The lowest BCUT2D eigenvalue weighted by Gasteiger charge is -2.13. The molecule has 86 valence electrons. The van der Waals surface area contributed by atoms with Crippen LogP contribution in [0.15, 0.2) is 35.9 Å². The van der Waals surface area contributed by atoms with Gasteiger partial charge in [0.15, 0.2) is 11.6 Å². The molecule has 4 nitrogen and oxygen atoms in total. The molecule has 0 saturated heterocycles. The van der Waals surface area contributed by atoms with E-state index in [0.29, 0.717) is 11.1 Å². The second kappa shape index (κ2) is 4.33. The van der Waals surface area contributed by atoms with Crippen molar-refractivity contribution in [3.8, 4) is 0 Å². The molecule has 0 aliphatic heterocycles. The van der Waals surface area contributed by atoms with E-state index < -0.39 is 5.97 Å². The highest BCUT2D eigenvalue weighted by Gasteiger charge is 2.26. The van der Waals surface area contributed by atoms with Crippen molar-refractivity contribution in [2.24, 2.45) is 0 Å². The number of benzene rings is 1. The van der Waals surface area contributed by atoms with E-state index in [2.05, 4.69) is 4.74 Å². The van der Waals surface area contributed by atoms with Crippen LogP contribution >= 0.6 is 0 Å².